The topological polar surface area (TPSA) is 35.0 Å². The monoisotopic (exact) mass is 636 g/mol. The van der Waals surface area contributed by atoms with Crippen molar-refractivity contribution in [2.45, 2.75) is 5.41 Å². The summed E-state index contributed by atoms with van der Waals surface area (Å²) in [5, 5.41) is 5.57. The minimum atomic E-state index is -0.627. The lowest BCUT2D eigenvalue weighted by atomic mass is 9.65. The van der Waals surface area contributed by atoms with Crippen LogP contribution in [0.15, 0.2) is 170 Å². The molecule has 9 aromatic rings. The lowest BCUT2D eigenvalue weighted by molar-refractivity contribution is 0.447. The maximum absolute atomic E-state index is 7.12. The maximum Gasteiger partial charge on any atom is 0.160 e. The molecule has 11 rings (SSSR count). The summed E-state index contributed by atoms with van der Waals surface area (Å²) in [6, 6.07) is 60.6. The first-order valence-electron chi connectivity index (χ1n) is 17.1. The molecule has 0 amide bonds. The Labute approximate surface area is 289 Å². The van der Waals surface area contributed by atoms with Gasteiger partial charge in [-0.15, -0.1) is 0 Å². The van der Waals surface area contributed by atoms with Crippen molar-refractivity contribution in [2.24, 2.45) is 0 Å². The predicted molar refractivity (Wildman–Crippen MR) is 203 cm³/mol. The van der Waals surface area contributed by atoms with Gasteiger partial charge in [0.05, 0.1) is 16.6 Å². The van der Waals surface area contributed by atoms with E-state index in [1.165, 1.54) is 22.3 Å². The summed E-state index contributed by atoms with van der Waals surface area (Å²) in [7, 11) is 0. The smallest absolute Gasteiger partial charge is 0.160 e. The quantitative estimate of drug-likeness (QED) is 0.189. The molecule has 0 saturated carbocycles. The summed E-state index contributed by atoms with van der Waals surface area (Å²) >= 11 is 0. The second kappa shape index (κ2) is 10.2. The molecule has 232 valence electrons. The Morgan fingerprint density at radius 2 is 1.00 bits per heavy atom. The molecule has 3 heteroatoms. The number of nitrogens with zero attached hydrogens (tertiary/aromatic N) is 2. The molecule has 0 atom stereocenters. The Morgan fingerprint density at radius 1 is 0.400 bits per heavy atom. The van der Waals surface area contributed by atoms with Crippen LogP contribution in [-0.4, -0.2) is 9.97 Å². The van der Waals surface area contributed by atoms with E-state index in [1.54, 1.807) is 0 Å². The van der Waals surface area contributed by atoms with Gasteiger partial charge in [-0.3, -0.25) is 0 Å². The molecule has 0 N–H and O–H groups in total. The third-order valence-corrected chi connectivity index (χ3v) is 10.7. The van der Waals surface area contributed by atoms with Gasteiger partial charge in [-0.1, -0.05) is 158 Å². The van der Waals surface area contributed by atoms with E-state index >= 15 is 0 Å². The minimum absolute atomic E-state index is 0.627. The van der Waals surface area contributed by atoms with Crippen molar-refractivity contribution in [3.63, 3.8) is 0 Å². The molecule has 1 aromatic heterocycles. The Balaban J connectivity index is 1.26. The fourth-order valence-corrected chi connectivity index (χ4v) is 8.56. The predicted octanol–water partition coefficient (Wildman–Crippen LogP) is 11.7. The standard InChI is InChI=1S/C47H28N2O/c1-2-14-31(15-3-1)43-37-19-9-11-21-42(37)48-46(49-43)32-22-25-36-35-18-8-10-20-38(35)47(41(36)28-32)39-26-23-29-12-4-6-16-33(29)44(39)50-45-34-17-7-5-13-30(34)24-27-40(45)47/h1-28H. The molecular formula is C47H28N2O. The van der Waals surface area contributed by atoms with E-state index in [4.69, 9.17) is 14.7 Å². The van der Waals surface area contributed by atoms with Crippen LogP contribution in [0.1, 0.15) is 22.3 Å². The number of rotatable bonds is 2. The first-order chi connectivity index (χ1) is 24.8. The van der Waals surface area contributed by atoms with E-state index in [0.29, 0.717) is 5.82 Å². The number of para-hydroxylation sites is 1. The van der Waals surface area contributed by atoms with Crippen LogP contribution >= 0.6 is 0 Å². The van der Waals surface area contributed by atoms with Gasteiger partial charge in [-0.25, -0.2) is 9.97 Å². The maximum atomic E-state index is 7.12. The van der Waals surface area contributed by atoms with Gasteiger partial charge in [-0.2, -0.15) is 0 Å². The lowest BCUT2D eigenvalue weighted by Gasteiger charge is -2.40. The third kappa shape index (κ3) is 3.64. The highest BCUT2D eigenvalue weighted by molar-refractivity contribution is 6.00. The van der Waals surface area contributed by atoms with E-state index in [0.717, 1.165) is 71.9 Å². The van der Waals surface area contributed by atoms with Gasteiger partial charge in [0, 0.05) is 38.4 Å². The molecule has 0 bridgehead atoms. The highest BCUT2D eigenvalue weighted by Crippen LogP contribution is 2.64. The van der Waals surface area contributed by atoms with Crippen LogP contribution in [-0.2, 0) is 5.41 Å². The van der Waals surface area contributed by atoms with Crippen LogP contribution in [0.3, 0.4) is 0 Å². The average Bonchev–Trinajstić information content (AvgIpc) is 3.47. The van der Waals surface area contributed by atoms with Crippen molar-refractivity contribution in [3.05, 3.63) is 192 Å². The largest absolute Gasteiger partial charge is 0.455 e. The number of aromatic nitrogens is 2. The van der Waals surface area contributed by atoms with E-state index in [1.807, 2.05) is 12.1 Å². The Morgan fingerprint density at radius 3 is 1.74 bits per heavy atom. The van der Waals surface area contributed by atoms with Gasteiger partial charge < -0.3 is 4.74 Å². The third-order valence-electron chi connectivity index (χ3n) is 10.7. The zero-order valence-corrected chi connectivity index (χ0v) is 27.0. The Bertz CT molecular complexity index is 2770. The zero-order valence-electron chi connectivity index (χ0n) is 27.0. The molecule has 2 aliphatic rings. The Hall–Kier alpha value is -6.58. The molecule has 1 spiro atoms. The molecule has 2 heterocycles. The van der Waals surface area contributed by atoms with Crippen molar-refractivity contribution in [1.82, 2.24) is 9.97 Å². The first kappa shape index (κ1) is 27.4. The molecule has 8 aromatic carbocycles. The fourth-order valence-electron chi connectivity index (χ4n) is 8.56. The molecule has 0 fully saturated rings. The summed E-state index contributed by atoms with van der Waals surface area (Å²) in [5.41, 5.74) is 10.5. The van der Waals surface area contributed by atoms with Crippen molar-refractivity contribution in [3.8, 4) is 45.3 Å². The zero-order chi connectivity index (χ0) is 32.8. The minimum Gasteiger partial charge on any atom is -0.455 e. The van der Waals surface area contributed by atoms with E-state index in [9.17, 15) is 0 Å². The molecule has 0 radical (unpaired) electrons. The summed E-state index contributed by atoms with van der Waals surface area (Å²) < 4.78 is 7.12. The summed E-state index contributed by atoms with van der Waals surface area (Å²) in [6.07, 6.45) is 0. The van der Waals surface area contributed by atoms with Crippen LogP contribution in [0.5, 0.6) is 11.5 Å². The van der Waals surface area contributed by atoms with Crippen molar-refractivity contribution >= 4 is 32.4 Å². The normalized spacial score (nSPS) is 13.5. The van der Waals surface area contributed by atoms with Crippen molar-refractivity contribution < 1.29 is 4.74 Å². The Kier molecular flexibility index (Phi) is 5.59. The average molecular weight is 637 g/mol. The van der Waals surface area contributed by atoms with Crippen LogP contribution < -0.4 is 4.74 Å². The van der Waals surface area contributed by atoms with Gasteiger partial charge in [0.1, 0.15) is 11.5 Å². The molecule has 1 aliphatic carbocycles. The second-order valence-corrected chi connectivity index (χ2v) is 13.3. The SMILES string of the molecule is c1ccc(-c2nc(-c3ccc4c(c3)C3(c5ccccc5-4)c4ccc5ccccc5c4Oc4c3ccc3ccccc43)nc3ccccc23)cc1. The van der Waals surface area contributed by atoms with Crippen LogP contribution in [0.2, 0.25) is 0 Å². The van der Waals surface area contributed by atoms with E-state index in [-0.39, 0.29) is 0 Å². The molecular weight excluding hydrogens is 609 g/mol. The molecule has 1 aliphatic heterocycles. The molecule has 50 heavy (non-hydrogen) atoms. The van der Waals surface area contributed by atoms with Crippen LogP contribution in [0, 0.1) is 0 Å². The molecule has 0 unspecified atom stereocenters. The summed E-state index contributed by atoms with van der Waals surface area (Å²) in [6.45, 7) is 0. The van der Waals surface area contributed by atoms with Gasteiger partial charge in [-0.05, 0) is 45.2 Å². The van der Waals surface area contributed by atoms with Gasteiger partial charge in [0.15, 0.2) is 5.82 Å². The number of ether oxygens (including phenoxy) is 1. The first-order valence-corrected chi connectivity index (χ1v) is 17.1. The fraction of sp³-hybridized carbons (Fsp3) is 0.0213. The highest BCUT2D eigenvalue weighted by Gasteiger charge is 2.52. The van der Waals surface area contributed by atoms with Crippen molar-refractivity contribution in [2.75, 3.05) is 0 Å². The summed E-state index contributed by atoms with van der Waals surface area (Å²) in [5.74, 6) is 2.53. The number of fused-ring (bicyclic) bond motifs is 14. The van der Waals surface area contributed by atoms with Crippen LogP contribution in [0.4, 0.5) is 0 Å². The number of hydrogen-bond donors (Lipinski definition) is 0. The second-order valence-electron chi connectivity index (χ2n) is 13.3. The van der Waals surface area contributed by atoms with Crippen LogP contribution in [0.25, 0.3) is 66.2 Å². The lowest BCUT2D eigenvalue weighted by Crippen LogP contribution is -2.32. The van der Waals surface area contributed by atoms with E-state index < -0.39 is 5.41 Å². The molecule has 3 nitrogen and oxygen atoms in total. The molecule has 0 saturated heterocycles. The number of benzene rings is 8. The van der Waals surface area contributed by atoms with Crippen molar-refractivity contribution in [1.29, 1.82) is 0 Å². The highest BCUT2D eigenvalue weighted by atomic mass is 16.5. The van der Waals surface area contributed by atoms with E-state index in [2.05, 4.69) is 158 Å². The van der Waals surface area contributed by atoms with Gasteiger partial charge in [0.25, 0.3) is 0 Å². The van der Waals surface area contributed by atoms with Gasteiger partial charge >= 0.3 is 0 Å². The summed E-state index contributed by atoms with van der Waals surface area (Å²) in [4.78, 5) is 10.5. The van der Waals surface area contributed by atoms with Gasteiger partial charge in [0.2, 0.25) is 0 Å². The number of hydrogen-bond acceptors (Lipinski definition) is 3.